The number of aromatic nitrogens is 3. The van der Waals surface area contributed by atoms with E-state index in [1.54, 1.807) is 0 Å². The van der Waals surface area contributed by atoms with E-state index in [9.17, 15) is 41.0 Å². The lowest BCUT2D eigenvalue weighted by atomic mass is 10.0. The van der Waals surface area contributed by atoms with Gasteiger partial charge in [0.15, 0.2) is 0 Å². The maximum Gasteiger partial charge on any atom is 0.418 e. The van der Waals surface area contributed by atoms with E-state index in [0.717, 1.165) is 0 Å². The highest BCUT2D eigenvalue weighted by atomic mass is 19.4. The Morgan fingerprint density at radius 3 is 2.39 bits per heavy atom. The molecule has 9 nitrogen and oxygen atoms in total. The summed E-state index contributed by atoms with van der Waals surface area (Å²) in [6.45, 7) is 0.0148. The average Bonchev–Trinajstić information content (AvgIpc) is 3.46. The Labute approximate surface area is 254 Å². The first-order valence-corrected chi connectivity index (χ1v) is 13.5. The number of pyridine rings is 2. The van der Waals surface area contributed by atoms with Gasteiger partial charge in [0.1, 0.15) is 34.9 Å². The van der Waals surface area contributed by atoms with Gasteiger partial charge in [0.25, 0.3) is 5.91 Å². The molecule has 1 aromatic carbocycles. The van der Waals surface area contributed by atoms with Crippen molar-refractivity contribution in [2.45, 2.75) is 37.8 Å². The van der Waals surface area contributed by atoms with E-state index in [2.05, 4.69) is 9.97 Å². The minimum absolute atomic E-state index is 0.00971. The summed E-state index contributed by atoms with van der Waals surface area (Å²) in [6, 6.07) is 0.840. The number of carboxylic acid groups (broad SMARTS) is 1. The van der Waals surface area contributed by atoms with Crippen molar-refractivity contribution in [1.82, 2.24) is 19.7 Å². The first-order valence-electron chi connectivity index (χ1n) is 13.5. The molecule has 0 aliphatic carbocycles. The highest BCUT2D eigenvalue weighted by Gasteiger charge is 2.46. The van der Waals surface area contributed by atoms with Gasteiger partial charge >= 0.3 is 18.3 Å². The van der Waals surface area contributed by atoms with E-state index in [1.807, 2.05) is 5.32 Å². The molecule has 2 atom stereocenters. The number of rotatable bonds is 7. The van der Waals surface area contributed by atoms with Gasteiger partial charge in [-0.3, -0.25) is 9.78 Å². The molecule has 5 rings (SSSR count). The van der Waals surface area contributed by atoms with Gasteiger partial charge in [0.2, 0.25) is 0 Å². The Balaban J connectivity index is 1.43. The third kappa shape index (κ3) is 6.31. The molecule has 1 aliphatic heterocycles. The van der Waals surface area contributed by atoms with Crippen molar-refractivity contribution in [1.29, 1.82) is 0 Å². The van der Waals surface area contributed by atoms with Gasteiger partial charge in [0, 0.05) is 48.5 Å². The second-order valence-electron chi connectivity index (χ2n) is 10.4. The molecule has 1 amide bonds. The molecule has 17 heteroatoms. The number of amides is 1. The van der Waals surface area contributed by atoms with Crippen LogP contribution in [0.3, 0.4) is 0 Å². The number of carbonyl (C=O) groups excluding carboxylic acids is 1. The fourth-order valence-corrected chi connectivity index (χ4v) is 5.31. The zero-order valence-electron chi connectivity index (χ0n) is 23.6. The summed E-state index contributed by atoms with van der Waals surface area (Å²) in [4.78, 5) is 33.7. The van der Waals surface area contributed by atoms with E-state index in [0.29, 0.717) is 17.0 Å². The van der Waals surface area contributed by atoms with E-state index in [4.69, 9.17) is 4.74 Å². The Kier molecular flexibility index (Phi) is 8.63. The molecular weight excluding hydrogens is 634 g/mol. The predicted molar refractivity (Wildman–Crippen MR) is 145 cm³/mol. The number of anilines is 1. The van der Waals surface area contributed by atoms with Crippen LogP contribution in [0.15, 0.2) is 48.9 Å². The van der Waals surface area contributed by atoms with E-state index in [-0.39, 0.29) is 35.6 Å². The van der Waals surface area contributed by atoms with Crippen LogP contribution in [0.5, 0.6) is 0 Å². The van der Waals surface area contributed by atoms with Crippen molar-refractivity contribution in [3.63, 3.8) is 0 Å². The molecule has 0 radical (unpaired) electrons. The standard InChI is InChI=1S/C29H23F8N5O4/c1-14-4-5-38-24(23(14)29(35,36)37)17-3-2-15(42-7-6-39-25(17)42)12-20(27(44)45)40-26(43)22-18(30)10-16(11-19(22)31)41-8-9-46-13-21(41)28(32,33)34/h2-7,10-11,20-21H,8-9,12-13H2,1H3,(H,40,43)(H,44,45)/t20-,21+/m0/s1. The molecule has 1 fully saturated rings. The number of hydrogen-bond donors (Lipinski definition) is 2. The smallest absolute Gasteiger partial charge is 0.418 e. The van der Waals surface area contributed by atoms with Crippen LogP contribution in [-0.2, 0) is 22.1 Å². The van der Waals surface area contributed by atoms with Crippen LogP contribution in [-0.4, -0.2) is 69.4 Å². The average molecular weight is 658 g/mol. The van der Waals surface area contributed by atoms with E-state index >= 15 is 8.78 Å². The molecule has 2 N–H and O–H groups in total. The SMILES string of the molecule is Cc1ccnc(-c2ccc(C[C@H](NC(=O)c3c(F)cc(N4CCOC[C@@H]4C(F)(F)F)cc3F)C(=O)O)n3ccnc23)c1C(F)(F)F. The first kappa shape index (κ1) is 32.6. The number of nitrogens with zero attached hydrogens (tertiary/aromatic N) is 4. The van der Waals surface area contributed by atoms with Gasteiger partial charge in [-0.15, -0.1) is 0 Å². The largest absolute Gasteiger partial charge is 0.480 e. The first-order chi connectivity index (χ1) is 21.6. The molecule has 0 spiro atoms. The van der Waals surface area contributed by atoms with Gasteiger partial charge in [-0.2, -0.15) is 26.3 Å². The van der Waals surface area contributed by atoms with Crippen LogP contribution in [0.1, 0.15) is 27.2 Å². The lowest BCUT2D eigenvalue weighted by Crippen LogP contribution is -2.53. The lowest BCUT2D eigenvalue weighted by molar-refractivity contribution is -0.167. The molecule has 3 aromatic heterocycles. The quantitative estimate of drug-likeness (QED) is 0.263. The van der Waals surface area contributed by atoms with Crippen molar-refractivity contribution in [2.75, 3.05) is 24.7 Å². The fraction of sp³-hybridized carbons (Fsp3) is 0.310. The Morgan fingerprint density at radius 1 is 1.07 bits per heavy atom. The number of carbonyl (C=O) groups is 2. The van der Waals surface area contributed by atoms with Crippen LogP contribution in [0.4, 0.5) is 40.8 Å². The molecular formula is C29H23F8N5O4. The number of imidazole rings is 1. The number of aryl methyl sites for hydroxylation is 1. The number of benzene rings is 1. The number of morpholine rings is 1. The lowest BCUT2D eigenvalue weighted by Gasteiger charge is -2.38. The predicted octanol–water partition coefficient (Wildman–Crippen LogP) is 5.19. The molecule has 4 aromatic rings. The Bertz CT molecular complexity index is 1780. The molecule has 4 heterocycles. The second kappa shape index (κ2) is 12.2. The zero-order chi connectivity index (χ0) is 33.6. The highest BCUT2D eigenvalue weighted by molar-refractivity contribution is 5.97. The minimum atomic E-state index is -4.78. The number of nitrogens with one attached hydrogen (secondary N) is 1. The number of carboxylic acids is 1. The van der Waals surface area contributed by atoms with Crippen molar-refractivity contribution >= 4 is 23.2 Å². The summed E-state index contributed by atoms with van der Waals surface area (Å²) in [5.41, 5.74) is -3.08. The fourth-order valence-electron chi connectivity index (χ4n) is 5.31. The topological polar surface area (TPSA) is 109 Å². The van der Waals surface area contributed by atoms with Crippen LogP contribution >= 0.6 is 0 Å². The third-order valence-corrected chi connectivity index (χ3v) is 7.44. The van der Waals surface area contributed by atoms with Gasteiger partial charge in [-0.05, 0) is 42.8 Å². The number of ether oxygens (including phenoxy) is 1. The summed E-state index contributed by atoms with van der Waals surface area (Å²) in [5, 5.41) is 11.8. The van der Waals surface area contributed by atoms with Crippen LogP contribution in [0.25, 0.3) is 16.9 Å². The molecule has 0 unspecified atom stereocenters. The molecule has 0 bridgehead atoms. The zero-order valence-corrected chi connectivity index (χ0v) is 23.6. The number of alkyl halides is 6. The normalized spacial score (nSPS) is 16.5. The summed E-state index contributed by atoms with van der Waals surface area (Å²) < 4.78 is 118. The van der Waals surface area contributed by atoms with Crippen LogP contribution in [0.2, 0.25) is 0 Å². The van der Waals surface area contributed by atoms with Crippen molar-refractivity contribution < 1.29 is 54.6 Å². The molecule has 0 saturated carbocycles. The summed E-state index contributed by atoms with van der Waals surface area (Å²) in [5.74, 6) is -6.18. The molecule has 1 saturated heterocycles. The monoisotopic (exact) mass is 657 g/mol. The third-order valence-electron chi connectivity index (χ3n) is 7.44. The summed E-state index contributed by atoms with van der Waals surface area (Å²) >= 11 is 0. The maximum atomic E-state index is 15.0. The molecule has 1 aliphatic rings. The van der Waals surface area contributed by atoms with Gasteiger partial charge in [-0.25, -0.2) is 18.6 Å². The number of halogens is 8. The van der Waals surface area contributed by atoms with Gasteiger partial charge in [-0.1, -0.05) is 0 Å². The Hall–Kier alpha value is -4.80. The molecule has 244 valence electrons. The van der Waals surface area contributed by atoms with E-state index < -0.39 is 83.5 Å². The second-order valence-corrected chi connectivity index (χ2v) is 10.4. The Morgan fingerprint density at radius 2 is 1.76 bits per heavy atom. The van der Waals surface area contributed by atoms with Gasteiger partial charge < -0.3 is 24.5 Å². The van der Waals surface area contributed by atoms with Crippen molar-refractivity contribution in [2.24, 2.45) is 0 Å². The van der Waals surface area contributed by atoms with Crippen molar-refractivity contribution in [3.8, 4) is 11.3 Å². The number of aliphatic carboxylic acids is 1. The van der Waals surface area contributed by atoms with Crippen molar-refractivity contribution in [3.05, 3.63) is 82.9 Å². The number of hydrogen-bond acceptors (Lipinski definition) is 6. The molecule has 46 heavy (non-hydrogen) atoms. The van der Waals surface area contributed by atoms with Crippen LogP contribution < -0.4 is 10.2 Å². The minimum Gasteiger partial charge on any atom is -0.480 e. The van der Waals surface area contributed by atoms with Crippen LogP contribution in [0, 0.1) is 18.6 Å². The highest BCUT2D eigenvalue weighted by Crippen LogP contribution is 2.39. The summed E-state index contributed by atoms with van der Waals surface area (Å²) in [6.07, 6.45) is -6.25. The number of fused-ring (bicyclic) bond motifs is 1. The van der Waals surface area contributed by atoms with E-state index in [1.165, 1.54) is 48.1 Å². The maximum absolute atomic E-state index is 15.0. The summed E-state index contributed by atoms with van der Waals surface area (Å²) in [7, 11) is 0. The van der Waals surface area contributed by atoms with Gasteiger partial charge in [0.05, 0.1) is 24.5 Å².